The molecule has 0 unspecified atom stereocenters. The Morgan fingerprint density at radius 2 is 2.22 bits per heavy atom. The molecule has 0 atom stereocenters. The van der Waals surface area contributed by atoms with E-state index in [0.717, 1.165) is 5.76 Å². The van der Waals surface area contributed by atoms with Gasteiger partial charge in [0.15, 0.2) is 0 Å². The minimum atomic E-state index is -0.407. The Morgan fingerprint density at radius 1 is 1.50 bits per heavy atom. The monoisotopic (exact) mass is 247 g/mol. The SMILES string of the molecule is CC(=O)NC1=NC(=O)C(=Cc2ccc(C)o2)N1C. The second-order valence-corrected chi connectivity index (χ2v) is 3.96. The van der Waals surface area contributed by atoms with Crippen molar-refractivity contribution in [2.24, 2.45) is 4.99 Å². The smallest absolute Gasteiger partial charge is 0.297 e. The van der Waals surface area contributed by atoms with Crippen LogP contribution in [0.25, 0.3) is 6.08 Å². The van der Waals surface area contributed by atoms with Crippen molar-refractivity contribution in [1.82, 2.24) is 10.2 Å². The summed E-state index contributed by atoms with van der Waals surface area (Å²) < 4.78 is 5.36. The highest BCUT2D eigenvalue weighted by atomic mass is 16.3. The van der Waals surface area contributed by atoms with Crippen LogP contribution in [-0.4, -0.2) is 29.7 Å². The molecule has 0 bridgehead atoms. The first-order valence-corrected chi connectivity index (χ1v) is 5.40. The van der Waals surface area contributed by atoms with Crippen molar-refractivity contribution in [1.29, 1.82) is 0 Å². The standard InChI is InChI=1S/C12H13N3O3/c1-7-4-5-9(18-7)6-10-11(17)14-12(15(10)3)13-8(2)16/h4-6H,1-3H3,(H,13,14,16,17). The molecule has 0 aromatic carbocycles. The molecule has 2 heterocycles. The molecule has 94 valence electrons. The lowest BCUT2D eigenvalue weighted by Crippen LogP contribution is -2.37. The summed E-state index contributed by atoms with van der Waals surface area (Å²) in [5.74, 6) is 0.876. The number of aryl methyl sites for hydroxylation is 1. The fourth-order valence-corrected chi connectivity index (χ4v) is 1.58. The molecule has 0 radical (unpaired) electrons. The zero-order chi connectivity index (χ0) is 13.3. The van der Waals surface area contributed by atoms with Crippen LogP contribution in [0, 0.1) is 6.92 Å². The Morgan fingerprint density at radius 3 is 2.78 bits per heavy atom. The summed E-state index contributed by atoms with van der Waals surface area (Å²) in [5.41, 5.74) is 0.355. The maximum atomic E-state index is 11.7. The number of nitrogens with zero attached hydrogens (tertiary/aromatic N) is 2. The largest absolute Gasteiger partial charge is 0.462 e. The number of amides is 2. The van der Waals surface area contributed by atoms with Gasteiger partial charge in [0.1, 0.15) is 17.2 Å². The molecular weight excluding hydrogens is 234 g/mol. The molecule has 6 heteroatoms. The van der Waals surface area contributed by atoms with Gasteiger partial charge in [-0.05, 0) is 19.1 Å². The van der Waals surface area contributed by atoms with Gasteiger partial charge in [-0.15, -0.1) is 0 Å². The Balaban J connectivity index is 2.25. The van der Waals surface area contributed by atoms with E-state index in [1.54, 1.807) is 25.3 Å². The maximum Gasteiger partial charge on any atom is 0.297 e. The molecule has 18 heavy (non-hydrogen) atoms. The van der Waals surface area contributed by atoms with Gasteiger partial charge in [0.2, 0.25) is 11.9 Å². The average Bonchev–Trinajstić information content (AvgIpc) is 2.78. The van der Waals surface area contributed by atoms with Gasteiger partial charge in [-0.25, -0.2) is 0 Å². The topological polar surface area (TPSA) is 74.9 Å². The first-order valence-electron chi connectivity index (χ1n) is 5.40. The number of guanidine groups is 1. The third kappa shape index (κ3) is 2.32. The van der Waals surface area contributed by atoms with Gasteiger partial charge in [-0.2, -0.15) is 4.99 Å². The van der Waals surface area contributed by atoms with E-state index in [1.807, 2.05) is 6.92 Å². The first-order chi connectivity index (χ1) is 8.47. The van der Waals surface area contributed by atoms with Gasteiger partial charge in [0.25, 0.3) is 5.91 Å². The first kappa shape index (κ1) is 12.1. The zero-order valence-corrected chi connectivity index (χ0v) is 10.4. The number of carbonyl (C=O) groups is 2. The second-order valence-electron chi connectivity index (χ2n) is 3.96. The third-order valence-electron chi connectivity index (χ3n) is 2.43. The summed E-state index contributed by atoms with van der Waals surface area (Å²) >= 11 is 0. The molecule has 1 aromatic heterocycles. The van der Waals surface area contributed by atoms with Gasteiger partial charge < -0.3 is 9.32 Å². The van der Waals surface area contributed by atoms with E-state index in [4.69, 9.17) is 4.42 Å². The van der Waals surface area contributed by atoms with E-state index >= 15 is 0 Å². The van der Waals surface area contributed by atoms with Gasteiger partial charge in [0.05, 0.1) is 0 Å². The molecule has 1 aliphatic heterocycles. The van der Waals surface area contributed by atoms with Crippen LogP contribution in [0.2, 0.25) is 0 Å². The summed E-state index contributed by atoms with van der Waals surface area (Å²) in [6.07, 6.45) is 1.59. The predicted molar refractivity (Wildman–Crippen MR) is 65.4 cm³/mol. The number of furan rings is 1. The van der Waals surface area contributed by atoms with Crippen molar-refractivity contribution in [3.63, 3.8) is 0 Å². The van der Waals surface area contributed by atoms with Crippen LogP contribution in [0.15, 0.2) is 27.2 Å². The zero-order valence-electron chi connectivity index (χ0n) is 10.4. The van der Waals surface area contributed by atoms with Crippen LogP contribution in [0.5, 0.6) is 0 Å². The van der Waals surface area contributed by atoms with Crippen molar-refractivity contribution >= 4 is 23.8 Å². The Labute approximate surface area is 104 Å². The summed E-state index contributed by atoms with van der Waals surface area (Å²) in [6, 6.07) is 3.57. The summed E-state index contributed by atoms with van der Waals surface area (Å²) in [5, 5.41) is 2.49. The van der Waals surface area contributed by atoms with E-state index in [9.17, 15) is 9.59 Å². The van der Waals surface area contributed by atoms with Crippen LogP contribution in [0.4, 0.5) is 0 Å². The molecule has 6 nitrogen and oxygen atoms in total. The third-order valence-corrected chi connectivity index (χ3v) is 2.43. The lowest BCUT2D eigenvalue weighted by molar-refractivity contribution is -0.117. The predicted octanol–water partition coefficient (Wildman–Crippen LogP) is 0.893. The van der Waals surface area contributed by atoms with Crippen molar-refractivity contribution in [3.05, 3.63) is 29.4 Å². The van der Waals surface area contributed by atoms with Gasteiger partial charge in [-0.1, -0.05) is 0 Å². The molecule has 1 N–H and O–H groups in total. The second kappa shape index (κ2) is 4.48. The fraction of sp³-hybridized carbons (Fsp3) is 0.250. The Hall–Kier alpha value is -2.37. The molecule has 0 fully saturated rings. The minimum absolute atomic E-state index is 0.224. The number of hydrogen-bond acceptors (Lipinski definition) is 4. The fourth-order valence-electron chi connectivity index (χ4n) is 1.58. The van der Waals surface area contributed by atoms with Crippen molar-refractivity contribution in [2.75, 3.05) is 7.05 Å². The van der Waals surface area contributed by atoms with Crippen LogP contribution in [-0.2, 0) is 9.59 Å². The molecule has 0 spiro atoms. The molecule has 0 saturated carbocycles. The number of nitrogens with one attached hydrogen (secondary N) is 1. The molecule has 2 rings (SSSR count). The lowest BCUT2D eigenvalue weighted by Gasteiger charge is -2.14. The van der Waals surface area contributed by atoms with E-state index in [0.29, 0.717) is 11.5 Å². The molecule has 0 aliphatic carbocycles. The van der Waals surface area contributed by atoms with Crippen molar-refractivity contribution < 1.29 is 14.0 Å². The Kier molecular flexibility index (Phi) is 3.01. The lowest BCUT2D eigenvalue weighted by atomic mass is 10.3. The van der Waals surface area contributed by atoms with Gasteiger partial charge in [-0.3, -0.25) is 14.9 Å². The summed E-state index contributed by atoms with van der Waals surface area (Å²) in [6.45, 7) is 3.18. The average molecular weight is 247 g/mol. The van der Waals surface area contributed by atoms with E-state index in [1.165, 1.54) is 11.8 Å². The number of hydrogen-bond donors (Lipinski definition) is 1. The van der Waals surface area contributed by atoms with Crippen LogP contribution in [0.1, 0.15) is 18.4 Å². The summed E-state index contributed by atoms with van der Waals surface area (Å²) in [7, 11) is 1.65. The molecule has 2 amide bonds. The number of rotatable bonds is 1. The van der Waals surface area contributed by atoms with E-state index in [-0.39, 0.29) is 11.9 Å². The van der Waals surface area contributed by atoms with Crippen LogP contribution >= 0.6 is 0 Å². The van der Waals surface area contributed by atoms with Crippen molar-refractivity contribution in [2.45, 2.75) is 13.8 Å². The molecule has 1 aliphatic rings. The van der Waals surface area contributed by atoms with Crippen LogP contribution in [0.3, 0.4) is 0 Å². The van der Waals surface area contributed by atoms with E-state index < -0.39 is 5.91 Å². The normalized spacial score (nSPS) is 17.3. The quantitative estimate of drug-likeness (QED) is 0.748. The van der Waals surface area contributed by atoms with Gasteiger partial charge in [0, 0.05) is 20.0 Å². The van der Waals surface area contributed by atoms with E-state index in [2.05, 4.69) is 10.3 Å². The highest BCUT2D eigenvalue weighted by molar-refractivity contribution is 6.15. The highest BCUT2D eigenvalue weighted by Gasteiger charge is 2.27. The molecule has 1 aromatic rings. The maximum absolute atomic E-state index is 11.7. The summed E-state index contributed by atoms with van der Waals surface area (Å²) in [4.78, 5) is 27.9. The van der Waals surface area contributed by atoms with Crippen molar-refractivity contribution in [3.8, 4) is 0 Å². The number of aliphatic imine (C=N–C) groups is 1. The number of likely N-dealkylation sites (N-methyl/N-ethyl adjacent to an activating group) is 1. The molecule has 0 saturated heterocycles. The number of carbonyl (C=O) groups excluding carboxylic acids is 2. The molecular formula is C12H13N3O3. The van der Waals surface area contributed by atoms with Gasteiger partial charge >= 0.3 is 0 Å². The highest BCUT2D eigenvalue weighted by Crippen LogP contribution is 2.18. The minimum Gasteiger partial charge on any atom is -0.462 e. The van der Waals surface area contributed by atoms with Crippen LogP contribution < -0.4 is 5.32 Å². The Bertz CT molecular complexity index is 569.